The number of hydrogen-bond acceptors (Lipinski definition) is 3. The Morgan fingerprint density at radius 1 is 1.15 bits per heavy atom. The largest absolute Gasteiger partial charge is 0.368 e. The Morgan fingerprint density at radius 3 is 2.38 bits per heavy atom. The third kappa shape index (κ3) is 9.32. The molecule has 1 aromatic rings. The van der Waals surface area contributed by atoms with Gasteiger partial charge in [0.05, 0.1) is 0 Å². The monoisotopic (exact) mass is 539 g/mol. The second-order valence-corrected chi connectivity index (χ2v) is 11.8. The smallest absolute Gasteiger partial charge is 0.228 e. The van der Waals surface area contributed by atoms with Crippen molar-refractivity contribution in [1.82, 2.24) is 9.80 Å². The number of carbonyl (C=O) groups excluding carboxylic acids is 1. The molecule has 1 heterocycles. The second kappa shape index (κ2) is 15.4. The number of nitrogens with zero attached hydrogens (tertiary/aromatic N) is 3. The first kappa shape index (κ1) is 32.8. The zero-order chi connectivity index (χ0) is 29.2. The number of unbranched alkanes of at least 4 members (excludes halogenated alkanes) is 1. The molecule has 3 rings (SSSR count). The molecule has 1 aliphatic carbocycles. The van der Waals surface area contributed by atoms with Gasteiger partial charge in [-0.3, -0.25) is 9.79 Å². The average Bonchev–Trinajstić information content (AvgIpc) is 3.74. The fourth-order valence-corrected chi connectivity index (χ4v) is 5.61. The summed E-state index contributed by atoms with van der Waals surface area (Å²) in [5.41, 5.74) is 5.99. The Balaban J connectivity index is 0.00000260. The lowest BCUT2D eigenvalue weighted by molar-refractivity contribution is -0.142. The maximum atomic E-state index is 13.6. The molecule has 5 heteroatoms. The van der Waals surface area contributed by atoms with Gasteiger partial charge in [0.25, 0.3) is 0 Å². The van der Waals surface area contributed by atoms with Gasteiger partial charge in [0.2, 0.25) is 5.91 Å². The van der Waals surface area contributed by atoms with Crippen LogP contribution in [0.4, 0.5) is 4.39 Å². The highest BCUT2D eigenvalue weighted by molar-refractivity contribution is 6.04. The molecule has 0 spiro atoms. The minimum Gasteiger partial charge on any atom is -0.368 e. The fraction of sp³-hybridized carbons (Fsp3) is 0.647. The highest BCUT2D eigenvalue weighted by Crippen LogP contribution is 2.42. The number of hydrogen-bond donors (Lipinski definition) is 0. The van der Waals surface area contributed by atoms with Crippen LogP contribution in [0.3, 0.4) is 0 Å². The number of halogens is 1. The first-order valence-corrected chi connectivity index (χ1v) is 15.3. The van der Waals surface area contributed by atoms with Gasteiger partial charge in [-0.25, -0.2) is 4.39 Å². The van der Waals surface area contributed by atoms with E-state index in [2.05, 4.69) is 38.7 Å². The second-order valence-electron chi connectivity index (χ2n) is 11.8. The average molecular weight is 540 g/mol. The molecule has 1 aromatic carbocycles. The number of aliphatic imine (C=N–C) groups is 1. The van der Waals surface area contributed by atoms with Crippen molar-refractivity contribution in [2.24, 2.45) is 16.3 Å². The fourth-order valence-electron chi connectivity index (χ4n) is 5.61. The van der Waals surface area contributed by atoms with E-state index in [1.807, 2.05) is 45.6 Å². The van der Waals surface area contributed by atoms with E-state index in [1.165, 1.54) is 41.5 Å². The summed E-state index contributed by atoms with van der Waals surface area (Å²) in [7, 11) is 0. The lowest BCUT2D eigenvalue weighted by Gasteiger charge is -2.44. The zero-order valence-electron chi connectivity index (χ0n) is 26.2. The molecule has 1 aliphatic heterocycles. The first-order valence-electron chi connectivity index (χ1n) is 15.3. The molecule has 218 valence electrons. The van der Waals surface area contributed by atoms with Gasteiger partial charge in [0, 0.05) is 54.6 Å². The molecule has 1 amide bonds. The lowest BCUT2D eigenvalue weighted by atomic mass is 9.90. The Labute approximate surface area is 238 Å². The van der Waals surface area contributed by atoms with Crippen molar-refractivity contribution in [3.8, 4) is 0 Å². The highest BCUT2D eigenvalue weighted by Gasteiger charge is 2.35. The van der Waals surface area contributed by atoms with Crippen molar-refractivity contribution < 1.29 is 9.18 Å². The van der Waals surface area contributed by atoms with E-state index in [4.69, 9.17) is 4.99 Å². The molecule has 4 nitrogen and oxygen atoms in total. The van der Waals surface area contributed by atoms with Gasteiger partial charge in [-0.05, 0) is 95.4 Å². The van der Waals surface area contributed by atoms with E-state index in [0.29, 0.717) is 5.92 Å². The predicted molar refractivity (Wildman–Crippen MR) is 165 cm³/mol. The Kier molecular flexibility index (Phi) is 12.9. The van der Waals surface area contributed by atoms with Crippen molar-refractivity contribution in [2.45, 2.75) is 107 Å². The molecule has 1 saturated carbocycles. The molecular weight excluding hydrogens is 485 g/mol. The molecule has 0 N–H and O–H groups in total. The minimum atomic E-state index is -0.353. The van der Waals surface area contributed by atoms with Gasteiger partial charge in [0.1, 0.15) is 5.82 Å². The Bertz CT molecular complexity index is 1030. The van der Waals surface area contributed by atoms with E-state index >= 15 is 0 Å². The van der Waals surface area contributed by atoms with Gasteiger partial charge >= 0.3 is 0 Å². The summed E-state index contributed by atoms with van der Waals surface area (Å²) in [5.74, 6) is 0.704. The van der Waals surface area contributed by atoms with Crippen LogP contribution in [0, 0.1) is 17.2 Å². The minimum absolute atomic E-state index is 0.160. The van der Waals surface area contributed by atoms with E-state index in [1.54, 1.807) is 12.1 Å². The summed E-state index contributed by atoms with van der Waals surface area (Å²) in [5, 5.41) is 0. The van der Waals surface area contributed by atoms with Crippen LogP contribution in [0.5, 0.6) is 0 Å². The number of rotatable bonds is 10. The van der Waals surface area contributed by atoms with E-state index in [-0.39, 0.29) is 23.2 Å². The van der Waals surface area contributed by atoms with Crippen LogP contribution in [0.15, 0.2) is 52.2 Å². The summed E-state index contributed by atoms with van der Waals surface area (Å²) < 4.78 is 13.6. The normalized spacial score (nSPS) is 19.4. The number of aryl methyl sites for hydroxylation is 1. The van der Waals surface area contributed by atoms with E-state index in [0.717, 1.165) is 57.4 Å². The van der Waals surface area contributed by atoms with Crippen molar-refractivity contribution >= 4 is 11.6 Å². The zero-order valence-corrected chi connectivity index (χ0v) is 26.2. The van der Waals surface area contributed by atoms with E-state index < -0.39 is 0 Å². The SMILES string of the molecule is C/C=C(\C(C(CCCCc1cccc(F)c1)=NCC)=C(\C)N1CCN(C(=O)C(C)(C)C)C[C@@H]1C)C1CC1.CC. The maximum absolute atomic E-state index is 13.6. The molecule has 0 unspecified atom stereocenters. The van der Waals surface area contributed by atoms with Crippen LogP contribution in [0.2, 0.25) is 0 Å². The van der Waals surface area contributed by atoms with Crippen molar-refractivity contribution in [2.75, 3.05) is 26.2 Å². The predicted octanol–water partition coefficient (Wildman–Crippen LogP) is 8.23. The third-order valence-corrected chi connectivity index (χ3v) is 7.62. The molecule has 2 fully saturated rings. The van der Waals surface area contributed by atoms with Crippen LogP contribution in [-0.4, -0.2) is 53.6 Å². The molecular formula is C34H54FN3O. The van der Waals surface area contributed by atoms with Crippen LogP contribution in [-0.2, 0) is 11.2 Å². The molecule has 1 atom stereocenters. The van der Waals surface area contributed by atoms with Crippen LogP contribution in [0.1, 0.15) is 100.0 Å². The molecule has 0 bridgehead atoms. The number of allylic oxidation sites excluding steroid dienone is 4. The Morgan fingerprint density at radius 2 is 1.85 bits per heavy atom. The number of amides is 1. The molecule has 1 saturated heterocycles. The summed E-state index contributed by atoms with van der Waals surface area (Å²) in [4.78, 5) is 22.5. The van der Waals surface area contributed by atoms with Crippen LogP contribution >= 0.6 is 0 Å². The third-order valence-electron chi connectivity index (χ3n) is 7.62. The molecule has 0 radical (unpaired) electrons. The Hall–Kier alpha value is -2.43. The van der Waals surface area contributed by atoms with Crippen molar-refractivity contribution in [3.63, 3.8) is 0 Å². The quantitative estimate of drug-likeness (QED) is 0.171. The molecule has 0 aromatic heterocycles. The maximum Gasteiger partial charge on any atom is 0.228 e. The summed E-state index contributed by atoms with van der Waals surface area (Å²) in [6.07, 6.45) is 8.65. The van der Waals surface area contributed by atoms with Crippen molar-refractivity contribution in [1.29, 1.82) is 0 Å². The van der Waals surface area contributed by atoms with Crippen LogP contribution < -0.4 is 0 Å². The number of piperazine rings is 1. The van der Waals surface area contributed by atoms with Gasteiger partial charge < -0.3 is 9.80 Å². The van der Waals surface area contributed by atoms with Gasteiger partial charge in [0.15, 0.2) is 0 Å². The highest BCUT2D eigenvalue weighted by atomic mass is 19.1. The number of benzene rings is 1. The van der Waals surface area contributed by atoms with E-state index in [9.17, 15) is 9.18 Å². The standard InChI is InChI=1S/C32H48FN3O.C2H6/c1-8-28(26-17-18-26)30(24(4)36-20-19-35(22-23(36)3)31(37)32(5,6)7)29(34-9-2)16-11-10-13-25-14-12-15-27(33)21-25;1-2/h8,12,14-15,21,23,26H,9-11,13,16-20,22H2,1-7H3;1-2H3/b28-8-,30-24+,34-29?;/t23-;/m0./s1. The van der Waals surface area contributed by atoms with Crippen LogP contribution in [0.25, 0.3) is 0 Å². The summed E-state index contributed by atoms with van der Waals surface area (Å²) >= 11 is 0. The lowest BCUT2D eigenvalue weighted by Crippen LogP contribution is -2.55. The summed E-state index contributed by atoms with van der Waals surface area (Å²) in [6, 6.07) is 7.21. The molecule has 39 heavy (non-hydrogen) atoms. The summed E-state index contributed by atoms with van der Waals surface area (Å²) in [6.45, 7) is 21.9. The van der Waals surface area contributed by atoms with Crippen molar-refractivity contribution in [3.05, 3.63) is 58.6 Å². The first-order chi connectivity index (χ1) is 18.6. The van der Waals surface area contributed by atoms with Gasteiger partial charge in [-0.15, -0.1) is 0 Å². The molecule has 2 aliphatic rings. The van der Waals surface area contributed by atoms with Gasteiger partial charge in [-0.1, -0.05) is 52.8 Å². The van der Waals surface area contributed by atoms with Gasteiger partial charge in [-0.2, -0.15) is 0 Å². The topological polar surface area (TPSA) is 35.9 Å². The number of carbonyl (C=O) groups is 1.